The molecule has 1 atom stereocenters. The molecule has 9 heteroatoms. The quantitative estimate of drug-likeness (QED) is 0.244. The second-order valence-corrected chi connectivity index (χ2v) is 10.3. The molecule has 0 spiro atoms. The number of fused-ring (bicyclic) bond motifs is 1. The van der Waals surface area contributed by atoms with Crippen LogP contribution in [-0.4, -0.2) is 32.9 Å². The number of ether oxygens (including phenoxy) is 1. The largest absolute Gasteiger partial charge is 0.382 e. The van der Waals surface area contributed by atoms with E-state index in [-0.39, 0.29) is 16.2 Å². The second kappa shape index (κ2) is 9.62. The Morgan fingerprint density at radius 3 is 2.73 bits per heavy atom. The van der Waals surface area contributed by atoms with Gasteiger partial charge in [-0.3, -0.25) is 9.36 Å². The summed E-state index contributed by atoms with van der Waals surface area (Å²) in [6.07, 6.45) is 0.728. The average molecular weight is 495 g/mol. The van der Waals surface area contributed by atoms with Crippen molar-refractivity contribution in [2.75, 3.05) is 13.2 Å². The Labute approximate surface area is 188 Å². The zero-order valence-corrected chi connectivity index (χ0v) is 20.3. The molecule has 3 rings (SSSR count). The second-order valence-electron chi connectivity index (χ2n) is 8.03. The van der Waals surface area contributed by atoms with E-state index in [9.17, 15) is 4.79 Å². The van der Waals surface area contributed by atoms with Crippen molar-refractivity contribution in [3.8, 4) is 0 Å². The van der Waals surface area contributed by atoms with Crippen molar-refractivity contribution < 1.29 is 9.26 Å². The smallest absolute Gasteiger partial charge is 0.262 e. The lowest BCUT2D eigenvalue weighted by molar-refractivity contribution is 0.140. The zero-order chi connectivity index (χ0) is 21.9. The topological polar surface area (TPSA) is 83.0 Å². The van der Waals surface area contributed by atoms with Gasteiger partial charge in [0, 0.05) is 29.6 Å². The summed E-state index contributed by atoms with van der Waals surface area (Å²) in [6.45, 7) is 11.8. The molecule has 1 unspecified atom stereocenters. The minimum Gasteiger partial charge on any atom is -0.382 e. The maximum absolute atomic E-state index is 13.2. The van der Waals surface area contributed by atoms with Gasteiger partial charge in [-0.05, 0) is 38.5 Å². The molecule has 30 heavy (non-hydrogen) atoms. The van der Waals surface area contributed by atoms with Crippen LogP contribution >= 0.6 is 27.7 Å². The van der Waals surface area contributed by atoms with Crippen molar-refractivity contribution in [2.24, 2.45) is 0 Å². The summed E-state index contributed by atoms with van der Waals surface area (Å²) >= 11 is 4.89. The van der Waals surface area contributed by atoms with E-state index in [2.05, 4.69) is 26.1 Å². The fraction of sp³-hybridized carbons (Fsp3) is 0.524. The lowest BCUT2D eigenvalue weighted by Gasteiger charge is -2.15. The molecule has 0 saturated heterocycles. The fourth-order valence-electron chi connectivity index (χ4n) is 2.84. The number of aromatic nitrogens is 4. The van der Waals surface area contributed by atoms with Gasteiger partial charge in [-0.15, -0.1) is 0 Å². The van der Waals surface area contributed by atoms with E-state index < -0.39 is 0 Å². The third kappa shape index (κ3) is 5.31. The summed E-state index contributed by atoms with van der Waals surface area (Å²) < 4.78 is 13.5. The van der Waals surface area contributed by atoms with Crippen molar-refractivity contribution in [2.45, 2.75) is 63.4 Å². The summed E-state index contributed by atoms with van der Waals surface area (Å²) in [4.78, 5) is 22.5. The van der Waals surface area contributed by atoms with Crippen LogP contribution in [0.15, 0.2) is 37.1 Å². The number of benzene rings is 1. The maximum atomic E-state index is 13.2. The highest BCUT2D eigenvalue weighted by atomic mass is 79.9. The standard InChI is InChI=1S/C21H27BrN4O3S/c1-6-28-11-7-10-26-18(27)15-12-14(22)8-9-16(15)23-20(26)30-13(2)17-24-19(25-29-17)21(3,4)5/h8-9,12-13H,6-7,10-11H2,1-5H3. The predicted octanol–water partition coefficient (Wildman–Crippen LogP) is 5.12. The van der Waals surface area contributed by atoms with Crippen LogP contribution in [0.2, 0.25) is 0 Å². The Balaban J connectivity index is 1.95. The molecule has 0 amide bonds. The fourth-order valence-corrected chi connectivity index (χ4v) is 4.17. The summed E-state index contributed by atoms with van der Waals surface area (Å²) in [5.41, 5.74) is 0.413. The van der Waals surface area contributed by atoms with Crippen LogP contribution in [0.3, 0.4) is 0 Å². The minimum atomic E-state index is -0.192. The van der Waals surface area contributed by atoms with E-state index in [1.807, 2.05) is 52.8 Å². The van der Waals surface area contributed by atoms with Crippen LogP contribution in [-0.2, 0) is 16.7 Å². The molecule has 0 radical (unpaired) electrons. The molecule has 0 N–H and O–H groups in total. The Morgan fingerprint density at radius 1 is 1.30 bits per heavy atom. The SMILES string of the molecule is CCOCCCn1c(SC(C)c2nc(C(C)(C)C)no2)nc2ccc(Br)cc2c1=O. The lowest BCUT2D eigenvalue weighted by Crippen LogP contribution is -2.24. The van der Waals surface area contributed by atoms with Crippen molar-refractivity contribution in [1.29, 1.82) is 0 Å². The van der Waals surface area contributed by atoms with Crippen molar-refractivity contribution >= 4 is 38.6 Å². The van der Waals surface area contributed by atoms with Crippen LogP contribution in [0.25, 0.3) is 10.9 Å². The normalized spacial score (nSPS) is 13.1. The monoisotopic (exact) mass is 494 g/mol. The van der Waals surface area contributed by atoms with Gasteiger partial charge in [0.05, 0.1) is 16.2 Å². The highest BCUT2D eigenvalue weighted by Gasteiger charge is 2.25. The van der Waals surface area contributed by atoms with Gasteiger partial charge in [0.1, 0.15) is 0 Å². The molecule has 2 aromatic heterocycles. The molecule has 7 nitrogen and oxygen atoms in total. The Hall–Kier alpha value is -1.71. The van der Waals surface area contributed by atoms with Crippen LogP contribution in [0, 0.1) is 0 Å². The number of rotatable bonds is 8. The molecule has 1 aromatic carbocycles. The van der Waals surface area contributed by atoms with Crippen LogP contribution in [0.1, 0.15) is 58.0 Å². The number of nitrogens with zero attached hydrogens (tertiary/aromatic N) is 4. The van der Waals surface area contributed by atoms with E-state index in [1.54, 1.807) is 4.57 Å². The highest BCUT2D eigenvalue weighted by Crippen LogP contribution is 2.34. The first-order chi connectivity index (χ1) is 14.2. The van der Waals surface area contributed by atoms with Crippen molar-refractivity contribution in [3.63, 3.8) is 0 Å². The number of halogens is 1. The van der Waals surface area contributed by atoms with Gasteiger partial charge in [-0.25, -0.2) is 4.98 Å². The van der Waals surface area contributed by atoms with Gasteiger partial charge in [0.15, 0.2) is 11.0 Å². The molecule has 0 aliphatic rings. The van der Waals surface area contributed by atoms with E-state index in [0.29, 0.717) is 47.5 Å². The highest BCUT2D eigenvalue weighted by molar-refractivity contribution is 9.10. The zero-order valence-electron chi connectivity index (χ0n) is 17.9. The first-order valence-electron chi connectivity index (χ1n) is 9.99. The molecule has 0 aliphatic carbocycles. The Bertz CT molecular complexity index is 1070. The minimum absolute atomic E-state index is 0.0617. The van der Waals surface area contributed by atoms with Crippen molar-refractivity contribution in [3.05, 3.63) is 44.7 Å². The van der Waals surface area contributed by atoms with Crippen LogP contribution in [0.4, 0.5) is 0 Å². The predicted molar refractivity (Wildman–Crippen MR) is 122 cm³/mol. The van der Waals surface area contributed by atoms with Gasteiger partial charge < -0.3 is 9.26 Å². The van der Waals surface area contributed by atoms with Gasteiger partial charge in [0.2, 0.25) is 5.89 Å². The van der Waals surface area contributed by atoms with E-state index >= 15 is 0 Å². The van der Waals surface area contributed by atoms with Gasteiger partial charge >= 0.3 is 0 Å². The molecule has 0 fully saturated rings. The van der Waals surface area contributed by atoms with Gasteiger partial charge in [0.25, 0.3) is 5.56 Å². The first kappa shape index (κ1) is 23.0. The average Bonchev–Trinajstić information content (AvgIpc) is 3.19. The van der Waals surface area contributed by atoms with Crippen LogP contribution < -0.4 is 5.56 Å². The number of thioether (sulfide) groups is 1. The molecule has 3 aromatic rings. The van der Waals surface area contributed by atoms with Gasteiger partial charge in [-0.2, -0.15) is 4.98 Å². The van der Waals surface area contributed by atoms with E-state index in [0.717, 1.165) is 10.9 Å². The Morgan fingerprint density at radius 2 is 2.07 bits per heavy atom. The Kier molecular flexibility index (Phi) is 7.36. The maximum Gasteiger partial charge on any atom is 0.262 e. The summed E-state index contributed by atoms with van der Waals surface area (Å²) in [5, 5.41) is 5.19. The molecule has 0 saturated carbocycles. The number of hydrogen-bond donors (Lipinski definition) is 0. The summed E-state index contributed by atoms with van der Waals surface area (Å²) in [7, 11) is 0. The third-order valence-corrected chi connectivity index (χ3v) is 6.07. The molecular formula is C21H27BrN4O3S. The molecule has 0 aliphatic heterocycles. The molecule has 0 bridgehead atoms. The number of hydrogen-bond acceptors (Lipinski definition) is 7. The first-order valence-corrected chi connectivity index (χ1v) is 11.7. The lowest BCUT2D eigenvalue weighted by atomic mass is 9.96. The van der Waals surface area contributed by atoms with E-state index in [1.165, 1.54) is 11.8 Å². The summed E-state index contributed by atoms with van der Waals surface area (Å²) in [5.74, 6) is 1.19. The molecule has 162 valence electrons. The third-order valence-electron chi connectivity index (χ3n) is 4.50. The van der Waals surface area contributed by atoms with Gasteiger partial charge in [-0.1, -0.05) is 53.6 Å². The van der Waals surface area contributed by atoms with E-state index in [4.69, 9.17) is 14.2 Å². The summed E-state index contributed by atoms with van der Waals surface area (Å²) in [6, 6.07) is 5.55. The molecule has 2 heterocycles. The molecular weight excluding hydrogens is 468 g/mol. The van der Waals surface area contributed by atoms with Crippen LogP contribution in [0.5, 0.6) is 0 Å². The van der Waals surface area contributed by atoms with Crippen molar-refractivity contribution in [1.82, 2.24) is 19.7 Å².